The molecule has 0 radical (unpaired) electrons. The molecule has 1 aromatic heterocycles. The summed E-state index contributed by atoms with van der Waals surface area (Å²) in [5.41, 5.74) is 5.85. The van der Waals surface area contributed by atoms with Crippen LogP contribution >= 0.6 is 0 Å². The first-order valence-electron chi connectivity index (χ1n) is 9.28. The van der Waals surface area contributed by atoms with Gasteiger partial charge >= 0.3 is 7.12 Å². The van der Waals surface area contributed by atoms with Crippen LogP contribution in [0.2, 0.25) is 0 Å². The van der Waals surface area contributed by atoms with Gasteiger partial charge in [0.2, 0.25) is 0 Å². The number of para-hydroxylation sites is 2. The first-order chi connectivity index (χ1) is 13.7. The molecule has 4 aromatic carbocycles. The third kappa shape index (κ3) is 2.62. The molecule has 0 fully saturated rings. The maximum Gasteiger partial charge on any atom is 0.488 e. The van der Waals surface area contributed by atoms with Gasteiger partial charge in [-0.15, -0.1) is 0 Å². The third-order valence-corrected chi connectivity index (χ3v) is 5.23. The smallest absolute Gasteiger partial charge is 0.423 e. The topological polar surface area (TPSA) is 45.4 Å². The number of benzene rings is 4. The van der Waals surface area contributed by atoms with E-state index in [1.54, 1.807) is 6.07 Å². The second-order valence-electron chi connectivity index (χ2n) is 6.89. The molecule has 2 N–H and O–H groups in total. The lowest BCUT2D eigenvalue weighted by Gasteiger charge is -2.14. The average Bonchev–Trinajstić information content (AvgIpc) is 3.08. The van der Waals surface area contributed by atoms with Gasteiger partial charge < -0.3 is 14.6 Å². The molecule has 0 aliphatic carbocycles. The van der Waals surface area contributed by atoms with Gasteiger partial charge in [-0.25, -0.2) is 0 Å². The van der Waals surface area contributed by atoms with E-state index in [9.17, 15) is 10.0 Å². The number of fused-ring (bicyclic) bond motifs is 3. The van der Waals surface area contributed by atoms with Crippen molar-refractivity contribution in [2.45, 2.75) is 0 Å². The summed E-state index contributed by atoms with van der Waals surface area (Å²) >= 11 is 0. The fourth-order valence-electron chi connectivity index (χ4n) is 3.94. The Morgan fingerprint density at radius 2 is 1.29 bits per heavy atom. The SMILES string of the molecule is OB(O)c1ccc2c3ccccc3n(-c3ccccc3-c3ccccc3)c2c1. The van der Waals surface area contributed by atoms with Crippen molar-refractivity contribution in [2.75, 3.05) is 0 Å². The number of nitrogens with zero attached hydrogens (tertiary/aromatic N) is 1. The van der Waals surface area contributed by atoms with Crippen LogP contribution in [0.4, 0.5) is 0 Å². The number of rotatable bonds is 3. The highest BCUT2D eigenvalue weighted by Gasteiger charge is 2.18. The molecule has 0 atom stereocenters. The highest BCUT2D eigenvalue weighted by Crippen LogP contribution is 2.35. The summed E-state index contributed by atoms with van der Waals surface area (Å²) < 4.78 is 2.21. The summed E-state index contributed by atoms with van der Waals surface area (Å²) in [5.74, 6) is 0. The van der Waals surface area contributed by atoms with Crippen molar-refractivity contribution in [2.24, 2.45) is 0 Å². The molecule has 5 aromatic rings. The van der Waals surface area contributed by atoms with Crippen LogP contribution in [0.25, 0.3) is 38.6 Å². The van der Waals surface area contributed by atoms with E-state index in [-0.39, 0.29) is 0 Å². The normalized spacial score (nSPS) is 11.2. The summed E-state index contributed by atoms with van der Waals surface area (Å²) in [6.07, 6.45) is 0. The van der Waals surface area contributed by atoms with E-state index < -0.39 is 7.12 Å². The molecular formula is C24H18BNO2. The Morgan fingerprint density at radius 3 is 2.11 bits per heavy atom. The zero-order valence-corrected chi connectivity index (χ0v) is 15.2. The van der Waals surface area contributed by atoms with Crippen LogP contribution in [0.1, 0.15) is 0 Å². The lowest BCUT2D eigenvalue weighted by molar-refractivity contribution is 0.426. The number of hydrogen-bond acceptors (Lipinski definition) is 2. The highest BCUT2D eigenvalue weighted by atomic mass is 16.4. The molecule has 0 unspecified atom stereocenters. The van der Waals surface area contributed by atoms with E-state index >= 15 is 0 Å². The first-order valence-corrected chi connectivity index (χ1v) is 9.28. The maximum atomic E-state index is 9.70. The Balaban J connectivity index is 1.90. The minimum atomic E-state index is -1.50. The minimum Gasteiger partial charge on any atom is -0.423 e. The van der Waals surface area contributed by atoms with E-state index in [2.05, 4.69) is 41.0 Å². The summed E-state index contributed by atoms with van der Waals surface area (Å²) in [7, 11) is -1.50. The monoisotopic (exact) mass is 363 g/mol. The predicted molar refractivity (Wildman–Crippen MR) is 116 cm³/mol. The molecule has 4 heteroatoms. The van der Waals surface area contributed by atoms with Crippen LogP contribution in [0, 0.1) is 0 Å². The Bertz CT molecular complexity index is 1290. The number of aromatic nitrogens is 1. The van der Waals surface area contributed by atoms with Crippen molar-refractivity contribution in [1.29, 1.82) is 0 Å². The van der Waals surface area contributed by atoms with Crippen LogP contribution in [0.3, 0.4) is 0 Å². The molecule has 3 nitrogen and oxygen atoms in total. The van der Waals surface area contributed by atoms with Gasteiger partial charge in [-0.05, 0) is 29.2 Å². The molecule has 0 bridgehead atoms. The van der Waals surface area contributed by atoms with Crippen LogP contribution in [-0.4, -0.2) is 21.7 Å². The van der Waals surface area contributed by atoms with Crippen molar-refractivity contribution in [3.8, 4) is 16.8 Å². The van der Waals surface area contributed by atoms with Gasteiger partial charge in [0, 0.05) is 16.3 Å². The van der Waals surface area contributed by atoms with Gasteiger partial charge in [-0.3, -0.25) is 0 Å². The molecule has 0 aliphatic heterocycles. The minimum absolute atomic E-state index is 0.480. The summed E-state index contributed by atoms with van der Waals surface area (Å²) in [5, 5.41) is 21.6. The van der Waals surface area contributed by atoms with Gasteiger partial charge in [0.25, 0.3) is 0 Å². The fraction of sp³-hybridized carbons (Fsp3) is 0. The lowest BCUT2D eigenvalue weighted by Crippen LogP contribution is -2.29. The summed E-state index contributed by atoms with van der Waals surface area (Å²) in [4.78, 5) is 0. The standard InChI is InChI=1S/C24H18BNO2/c27-25(28)18-14-15-21-20-11-5-7-13-23(20)26(24(21)16-18)22-12-6-4-10-19(22)17-8-2-1-3-9-17/h1-16,27-28H. The van der Waals surface area contributed by atoms with E-state index in [4.69, 9.17) is 0 Å². The molecule has 0 saturated carbocycles. The van der Waals surface area contributed by atoms with Gasteiger partial charge in [-0.1, -0.05) is 78.9 Å². The fourth-order valence-corrected chi connectivity index (χ4v) is 3.94. The lowest BCUT2D eigenvalue weighted by atomic mass is 9.80. The predicted octanol–water partition coefficient (Wildman–Crippen LogP) is 4.13. The third-order valence-electron chi connectivity index (χ3n) is 5.23. The Labute approximate surface area is 163 Å². The zero-order chi connectivity index (χ0) is 19.1. The van der Waals surface area contributed by atoms with Crippen LogP contribution in [0.5, 0.6) is 0 Å². The Kier molecular flexibility index (Phi) is 4.01. The van der Waals surface area contributed by atoms with Crippen LogP contribution < -0.4 is 5.46 Å². The Hall–Kier alpha value is -3.34. The molecule has 0 spiro atoms. The largest absolute Gasteiger partial charge is 0.488 e. The zero-order valence-electron chi connectivity index (χ0n) is 15.2. The van der Waals surface area contributed by atoms with E-state index in [1.165, 1.54) is 0 Å². The van der Waals surface area contributed by atoms with Gasteiger partial charge in [0.05, 0.1) is 16.7 Å². The molecule has 0 saturated heterocycles. The molecule has 0 amide bonds. The Morgan fingerprint density at radius 1 is 0.607 bits per heavy atom. The first kappa shape index (κ1) is 16.8. The van der Waals surface area contributed by atoms with Crippen molar-refractivity contribution < 1.29 is 10.0 Å². The van der Waals surface area contributed by atoms with Crippen molar-refractivity contribution in [3.05, 3.63) is 97.1 Å². The second kappa shape index (κ2) is 6.68. The van der Waals surface area contributed by atoms with E-state index in [0.717, 1.165) is 38.6 Å². The molecule has 134 valence electrons. The van der Waals surface area contributed by atoms with Crippen LogP contribution in [0.15, 0.2) is 97.1 Å². The van der Waals surface area contributed by atoms with Crippen LogP contribution in [-0.2, 0) is 0 Å². The van der Waals surface area contributed by atoms with E-state index in [0.29, 0.717) is 5.46 Å². The van der Waals surface area contributed by atoms with Gasteiger partial charge in [0.1, 0.15) is 0 Å². The molecule has 0 aliphatic rings. The van der Waals surface area contributed by atoms with Crippen molar-refractivity contribution in [1.82, 2.24) is 4.57 Å². The second-order valence-corrected chi connectivity index (χ2v) is 6.89. The van der Waals surface area contributed by atoms with Crippen molar-refractivity contribution >= 4 is 34.4 Å². The number of hydrogen-bond donors (Lipinski definition) is 2. The van der Waals surface area contributed by atoms with Gasteiger partial charge in [0.15, 0.2) is 0 Å². The quantitative estimate of drug-likeness (QED) is 0.474. The van der Waals surface area contributed by atoms with E-state index in [1.807, 2.05) is 54.6 Å². The average molecular weight is 363 g/mol. The van der Waals surface area contributed by atoms with Gasteiger partial charge in [-0.2, -0.15) is 0 Å². The molecule has 1 heterocycles. The summed E-state index contributed by atoms with van der Waals surface area (Å²) in [6.45, 7) is 0. The molecular weight excluding hydrogens is 345 g/mol. The molecule has 28 heavy (non-hydrogen) atoms. The highest BCUT2D eigenvalue weighted by molar-refractivity contribution is 6.59. The summed E-state index contributed by atoms with van der Waals surface area (Å²) in [6, 6.07) is 32.5. The molecule has 5 rings (SSSR count). The van der Waals surface area contributed by atoms with Crippen molar-refractivity contribution in [3.63, 3.8) is 0 Å². The maximum absolute atomic E-state index is 9.70.